The van der Waals surface area contributed by atoms with Crippen LogP contribution in [0.15, 0.2) is 42.5 Å². The molecule has 0 aliphatic heterocycles. The maximum Gasteiger partial charge on any atom is 0.335 e. The third-order valence-corrected chi connectivity index (χ3v) is 3.63. The Balaban J connectivity index is 2.21. The Labute approximate surface area is 152 Å². The summed E-state index contributed by atoms with van der Waals surface area (Å²) < 4.78 is 0. The highest BCUT2D eigenvalue weighted by atomic mass is 35.5. The first-order valence-electron chi connectivity index (χ1n) is 6.82. The highest BCUT2D eigenvalue weighted by Gasteiger charge is 2.12. The molecule has 0 spiro atoms. The molecule has 0 saturated heterocycles. The van der Waals surface area contributed by atoms with Crippen LogP contribution in [0, 0.1) is 0 Å². The predicted molar refractivity (Wildman–Crippen MR) is 94.5 cm³/mol. The highest BCUT2D eigenvalue weighted by molar-refractivity contribution is 6.35. The molecule has 2 rings (SSSR count). The first kappa shape index (κ1) is 18.5. The summed E-state index contributed by atoms with van der Waals surface area (Å²) in [6.45, 7) is 0. The van der Waals surface area contributed by atoms with Crippen LogP contribution in [0.3, 0.4) is 0 Å². The van der Waals surface area contributed by atoms with Crippen molar-refractivity contribution in [2.45, 2.75) is 0 Å². The molecule has 0 bridgehead atoms. The summed E-state index contributed by atoms with van der Waals surface area (Å²) in [7, 11) is 0. The van der Waals surface area contributed by atoms with E-state index >= 15 is 0 Å². The van der Waals surface area contributed by atoms with Gasteiger partial charge in [-0.15, -0.1) is 0 Å². The van der Waals surface area contributed by atoms with Crippen LogP contribution in [0.5, 0.6) is 0 Å². The van der Waals surface area contributed by atoms with Crippen LogP contribution in [0.25, 0.3) is 6.08 Å². The molecule has 0 unspecified atom stereocenters. The number of carbonyl (C=O) groups excluding carboxylic acids is 1. The number of carboxylic acid groups (broad SMARTS) is 2. The molecule has 0 atom stereocenters. The lowest BCUT2D eigenvalue weighted by molar-refractivity contribution is -0.111. The number of anilines is 1. The fourth-order valence-electron chi connectivity index (χ4n) is 1.93. The number of hydrogen-bond donors (Lipinski definition) is 3. The molecule has 0 aliphatic carbocycles. The fraction of sp³-hybridized carbons (Fsp3) is 0. The maximum atomic E-state index is 12.0. The van der Waals surface area contributed by atoms with E-state index in [0.717, 1.165) is 18.2 Å². The number of rotatable bonds is 5. The number of amides is 1. The van der Waals surface area contributed by atoms with Gasteiger partial charge in [0.05, 0.1) is 11.1 Å². The molecule has 3 N–H and O–H groups in total. The monoisotopic (exact) mass is 379 g/mol. The second-order valence-corrected chi connectivity index (χ2v) is 5.74. The highest BCUT2D eigenvalue weighted by Crippen LogP contribution is 2.22. The van der Waals surface area contributed by atoms with E-state index in [-0.39, 0.29) is 16.8 Å². The van der Waals surface area contributed by atoms with Crippen molar-refractivity contribution in [3.63, 3.8) is 0 Å². The van der Waals surface area contributed by atoms with Crippen LogP contribution >= 0.6 is 23.2 Å². The van der Waals surface area contributed by atoms with Crippen LogP contribution in [-0.4, -0.2) is 28.1 Å². The molecular weight excluding hydrogens is 369 g/mol. The van der Waals surface area contributed by atoms with E-state index < -0.39 is 17.8 Å². The van der Waals surface area contributed by atoms with Gasteiger partial charge in [-0.3, -0.25) is 4.79 Å². The molecule has 0 saturated carbocycles. The molecule has 6 nitrogen and oxygen atoms in total. The molecular formula is C17H11Cl2NO5. The van der Waals surface area contributed by atoms with Gasteiger partial charge in [0, 0.05) is 21.8 Å². The summed E-state index contributed by atoms with van der Waals surface area (Å²) in [6.07, 6.45) is 2.64. The lowest BCUT2D eigenvalue weighted by atomic mass is 10.1. The number of nitrogens with one attached hydrogen (secondary N) is 1. The molecule has 128 valence electrons. The van der Waals surface area contributed by atoms with Crippen LogP contribution < -0.4 is 5.32 Å². The molecule has 0 aromatic heterocycles. The van der Waals surface area contributed by atoms with E-state index in [4.69, 9.17) is 33.4 Å². The van der Waals surface area contributed by atoms with Crippen molar-refractivity contribution in [3.05, 3.63) is 69.2 Å². The summed E-state index contributed by atoms with van der Waals surface area (Å²) in [5, 5.41) is 21.2. The van der Waals surface area contributed by atoms with Gasteiger partial charge in [0.25, 0.3) is 0 Å². The quantitative estimate of drug-likeness (QED) is 0.680. The predicted octanol–water partition coefficient (Wildman–Crippen LogP) is 4.04. The van der Waals surface area contributed by atoms with Crippen molar-refractivity contribution in [2.24, 2.45) is 0 Å². The molecule has 8 heteroatoms. The number of carbonyl (C=O) groups is 3. The van der Waals surface area contributed by atoms with E-state index in [9.17, 15) is 14.4 Å². The van der Waals surface area contributed by atoms with Gasteiger partial charge in [-0.25, -0.2) is 9.59 Å². The van der Waals surface area contributed by atoms with Gasteiger partial charge in [0.2, 0.25) is 5.91 Å². The Kier molecular flexibility index (Phi) is 5.80. The first-order valence-corrected chi connectivity index (χ1v) is 7.57. The minimum atomic E-state index is -1.30. The van der Waals surface area contributed by atoms with Crippen LogP contribution in [0.2, 0.25) is 10.0 Å². The van der Waals surface area contributed by atoms with E-state index in [2.05, 4.69) is 5.32 Å². The standard InChI is InChI=1S/C17H11Cl2NO5/c18-12-3-1-9(14(19)8-12)2-4-15(21)20-13-6-10(16(22)23)5-11(7-13)17(24)25/h1-8H,(H,20,21)(H,22,23)(H,24,25)/b4-2+. The minimum absolute atomic E-state index is 0.0501. The Morgan fingerprint density at radius 2 is 1.52 bits per heavy atom. The molecule has 0 radical (unpaired) electrons. The lowest BCUT2D eigenvalue weighted by Crippen LogP contribution is -2.10. The van der Waals surface area contributed by atoms with Gasteiger partial charge in [-0.05, 0) is 42.0 Å². The Bertz CT molecular complexity index is 860. The molecule has 1 amide bonds. The van der Waals surface area contributed by atoms with Crippen molar-refractivity contribution in [2.75, 3.05) is 5.32 Å². The van der Waals surface area contributed by atoms with Gasteiger partial charge >= 0.3 is 11.9 Å². The van der Waals surface area contributed by atoms with E-state index in [1.54, 1.807) is 12.1 Å². The van der Waals surface area contributed by atoms with E-state index in [1.807, 2.05) is 0 Å². The van der Waals surface area contributed by atoms with Gasteiger partial charge in [0.15, 0.2) is 0 Å². The minimum Gasteiger partial charge on any atom is -0.478 e. The fourth-order valence-corrected chi connectivity index (χ4v) is 2.40. The van der Waals surface area contributed by atoms with Gasteiger partial charge in [-0.1, -0.05) is 29.3 Å². The van der Waals surface area contributed by atoms with Crippen molar-refractivity contribution in [1.29, 1.82) is 0 Å². The van der Waals surface area contributed by atoms with Crippen LogP contribution in [-0.2, 0) is 4.79 Å². The summed E-state index contributed by atoms with van der Waals surface area (Å²) in [4.78, 5) is 34.1. The molecule has 2 aromatic rings. The summed E-state index contributed by atoms with van der Waals surface area (Å²) in [5.74, 6) is -3.19. The van der Waals surface area contributed by atoms with E-state index in [0.29, 0.717) is 15.6 Å². The Hall–Kier alpha value is -2.83. The molecule has 0 heterocycles. The number of benzene rings is 2. The molecule has 2 aromatic carbocycles. The number of halogens is 2. The number of aromatic carboxylic acids is 2. The lowest BCUT2D eigenvalue weighted by Gasteiger charge is -2.06. The topological polar surface area (TPSA) is 104 Å². The summed E-state index contributed by atoms with van der Waals surface area (Å²) in [5.41, 5.74) is 0.112. The largest absolute Gasteiger partial charge is 0.478 e. The zero-order valence-corrected chi connectivity index (χ0v) is 14.0. The average Bonchev–Trinajstić information content (AvgIpc) is 2.53. The first-order chi connectivity index (χ1) is 11.8. The average molecular weight is 380 g/mol. The van der Waals surface area contributed by atoms with Crippen LogP contribution in [0.1, 0.15) is 26.3 Å². The molecule has 25 heavy (non-hydrogen) atoms. The Morgan fingerprint density at radius 3 is 2.04 bits per heavy atom. The smallest absolute Gasteiger partial charge is 0.335 e. The van der Waals surface area contributed by atoms with Crippen molar-refractivity contribution in [3.8, 4) is 0 Å². The maximum absolute atomic E-state index is 12.0. The second-order valence-electron chi connectivity index (χ2n) is 4.90. The van der Waals surface area contributed by atoms with Crippen LogP contribution in [0.4, 0.5) is 5.69 Å². The van der Waals surface area contributed by atoms with Crippen molar-refractivity contribution in [1.82, 2.24) is 0 Å². The summed E-state index contributed by atoms with van der Waals surface area (Å²) >= 11 is 11.8. The normalized spacial score (nSPS) is 10.6. The van der Waals surface area contributed by atoms with Gasteiger partial charge in [0.1, 0.15) is 0 Å². The zero-order chi connectivity index (χ0) is 18.6. The third-order valence-electron chi connectivity index (χ3n) is 3.07. The zero-order valence-electron chi connectivity index (χ0n) is 12.5. The third kappa shape index (κ3) is 5.07. The second kappa shape index (κ2) is 7.83. The van der Waals surface area contributed by atoms with E-state index in [1.165, 1.54) is 18.2 Å². The molecule has 0 fully saturated rings. The van der Waals surface area contributed by atoms with Crippen molar-refractivity contribution >= 4 is 52.8 Å². The SMILES string of the molecule is O=C(/C=C/c1ccc(Cl)cc1Cl)Nc1cc(C(=O)O)cc(C(=O)O)c1. The molecule has 0 aliphatic rings. The Morgan fingerprint density at radius 1 is 0.920 bits per heavy atom. The van der Waals surface area contributed by atoms with Crippen molar-refractivity contribution < 1.29 is 24.6 Å². The summed E-state index contributed by atoms with van der Waals surface area (Å²) in [6, 6.07) is 8.09. The van der Waals surface area contributed by atoms with Gasteiger partial charge < -0.3 is 15.5 Å². The van der Waals surface area contributed by atoms with Gasteiger partial charge in [-0.2, -0.15) is 0 Å². The number of carboxylic acids is 2. The number of hydrogen-bond acceptors (Lipinski definition) is 3.